The molecular formula is C4H8Y2-2. The van der Waals surface area contributed by atoms with Crippen LogP contribution in [0.15, 0.2) is 0 Å². The molecule has 0 aliphatic heterocycles. The second-order valence-corrected chi connectivity index (χ2v) is 0.697. The molecule has 0 bridgehead atoms. The van der Waals surface area contributed by atoms with Crippen molar-refractivity contribution in [2.24, 2.45) is 0 Å². The average molecular weight is 234 g/mol. The molecule has 0 heterocycles. The van der Waals surface area contributed by atoms with Crippen molar-refractivity contribution in [3.05, 3.63) is 13.3 Å². The Labute approximate surface area is 90.6 Å². The fraction of sp³-hybridized carbons (Fsp3) is 0.500. The Morgan fingerprint density at radius 3 is 1.67 bits per heavy atom. The van der Waals surface area contributed by atoms with E-state index in [1.54, 1.807) is 0 Å². The molecule has 2 radical (unpaired) electrons. The Bertz CT molecular complexity index is 7.51. The van der Waals surface area contributed by atoms with Crippen molar-refractivity contribution in [3.63, 3.8) is 0 Å². The van der Waals surface area contributed by atoms with Crippen LogP contribution in [0.4, 0.5) is 0 Å². The summed E-state index contributed by atoms with van der Waals surface area (Å²) in [6.07, 6.45) is 2.96. The van der Waals surface area contributed by atoms with Crippen molar-refractivity contribution < 1.29 is 65.4 Å². The minimum Gasteiger partial charge on any atom is -0.372 e. The maximum absolute atomic E-state index is 3.55. The van der Waals surface area contributed by atoms with Crippen LogP contribution in [0.2, 0.25) is 0 Å². The van der Waals surface area contributed by atoms with E-state index in [9.17, 15) is 0 Å². The molecule has 0 rings (SSSR count). The molecule has 0 fully saturated rings. The van der Waals surface area contributed by atoms with E-state index in [-0.39, 0.29) is 65.4 Å². The van der Waals surface area contributed by atoms with Gasteiger partial charge in [0.2, 0.25) is 0 Å². The molecule has 0 aromatic heterocycles. The normalized spacial score (nSPS) is 5.00. The monoisotopic (exact) mass is 234 g/mol. The van der Waals surface area contributed by atoms with Gasteiger partial charge < -0.3 is 19.8 Å². The van der Waals surface area contributed by atoms with Gasteiger partial charge in [0.05, 0.1) is 0 Å². The minimum absolute atomic E-state index is 0. The summed E-state index contributed by atoms with van der Waals surface area (Å²) in [5.74, 6) is 0. The standard InChI is InChI=1S/C4H8.2Y/c1-3-4-2;;/h4H,1,3H2,2H3;;/q-2;;. The van der Waals surface area contributed by atoms with E-state index in [4.69, 9.17) is 0 Å². The molecule has 0 atom stereocenters. The van der Waals surface area contributed by atoms with Crippen molar-refractivity contribution in [1.29, 1.82) is 0 Å². The van der Waals surface area contributed by atoms with Crippen molar-refractivity contribution in [1.82, 2.24) is 0 Å². The molecule has 0 nitrogen and oxygen atoms in total. The van der Waals surface area contributed by atoms with Crippen LogP contribution in [0.1, 0.15) is 13.3 Å². The third kappa shape index (κ3) is 16.4. The van der Waals surface area contributed by atoms with Crippen LogP contribution >= 0.6 is 0 Å². The summed E-state index contributed by atoms with van der Waals surface area (Å²) in [6, 6.07) is 0. The summed E-state index contributed by atoms with van der Waals surface area (Å²) in [5, 5.41) is 0. The molecule has 0 N–H and O–H groups in total. The predicted octanol–water partition coefficient (Wildman–Crippen LogP) is 1.43. The fourth-order valence-corrected chi connectivity index (χ4v) is 0. The van der Waals surface area contributed by atoms with Crippen LogP contribution in [0, 0.1) is 13.3 Å². The first-order chi connectivity index (χ1) is 1.91. The van der Waals surface area contributed by atoms with Gasteiger partial charge in [-0.3, -0.25) is 0 Å². The molecule has 0 saturated carbocycles. The van der Waals surface area contributed by atoms with Crippen LogP contribution in [0.5, 0.6) is 0 Å². The van der Waals surface area contributed by atoms with Crippen LogP contribution < -0.4 is 0 Å². The van der Waals surface area contributed by atoms with Gasteiger partial charge in [-0.15, -0.1) is 0 Å². The molecule has 0 spiro atoms. The molecular weight excluding hydrogens is 226 g/mol. The van der Waals surface area contributed by atoms with Crippen molar-refractivity contribution in [2.45, 2.75) is 13.3 Å². The largest absolute Gasteiger partial charge is 0.372 e. The number of hydrogen-bond donors (Lipinski definition) is 0. The van der Waals surface area contributed by atoms with Gasteiger partial charge in [0.1, 0.15) is 0 Å². The van der Waals surface area contributed by atoms with Crippen LogP contribution in [0.3, 0.4) is 0 Å². The van der Waals surface area contributed by atoms with E-state index in [0.717, 1.165) is 6.42 Å². The summed E-state index contributed by atoms with van der Waals surface area (Å²) in [5.41, 5.74) is 0. The summed E-state index contributed by atoms with van der Waals surface area (Å²) in [4.78, 5) is 0. The third-order valence-corrected chi connectivity index (χ3v) is 0.289. The van der Waals surface area contributed by atoms with Gasteiger partial charge >= 0.3 is 0 Å². The molecule has 0 aliphatic rings. The first kappa shape index (κ1) is 15.7. The van der Waals surface area contributed by atoms with Crippen LogP contribution in [-0.4, -0.2) is 0 Å². The van der Waals surface area contributed by atoms with Crippen LogP contribution in [0.25, 0.3) is 0 Å². The number of unbranched alkanes of at least 4 members (excludes halogenated alkanes) is 1. The van der Waals surface area contributed by atoms with Gasteiger partial charge in [-0.1, -0.05) is 0 Å². The Hall–Kier alpha value is 2.21. The second-order valence-electron chi connectivity index (χ2n) is 0.697. The van der Waals surface area contributed by atoms with E-state index in [2.05, 4.69) is 6.92 Å². The quantitative estimate of drug-likeness (QED) is 0.602. The predicted molar refractivity (Wildman–Crippen MR) is 19.9 cm³/mol. The van der Waals surface area contributed by atoms with Gasteiger partial charge in [-0.25, -0.2) is 0 Å². The maximum atomic E-state index is 3.55. The zero-order chi connectivity index (χ0) is 3.41. The summed E-state index contributed by atoms with van der Waals surface area (Å²) in [7, 11) is 0. The first-order valence-corrected chi connectivity index (χ1v) is 1.49. The second kappa shape index (κ2) is 15.7. The van der Waals surface area contributed by atoms with Crippen molar-refractivity contribution in [2.75, 3.05) is 0 Å². The third-order valence-electron chi connectivity index (χ3n) is 0.289. The van der Waals surface area contributed by atoms with Gasteiger partial charge in [-0.05, 0) is 0 Å². The van der Waals surface area contributed by atoms with Crippen molar-refractivity contribution >= 4 is 0 Å². The number of rotatable bonds is 1. The first-order valence-electron chi connectivity index (χ1n) is 1.49. The van der Waals surface area contributed by atoms with Gasteiger partial charge in [0.25, 0.3) is 0 Å². The van der Waals surface area contributed by atoms with E-state index >= 15 is 0 Å². The summed E-state index contributed by atoms with van der Waals surface area (Å²) in [6.45, 7) is 5.54. The Morgan fingerprint density at radius 2 is 1.67 bits per heavy atom. The fourth-order valence-electron chi connectivity index (χ4n) is 0. The van der Waals surface area contributed by atoms with Gasteiger partial charge in [0.15, 0.2) is 0 Å². The van der Waals surface area contributed by atoms with E-state index < -0.39 is 0 Å². The zero-order valence-electron chi connectivity index (χ0n) is 4.15. The van der Waals surface area contributed by atoms with Gasteiger partial charge in [-0.2, -0.15) is 6.92 Å². The molecule has 0 aliphatic carbocycles. The molecule has 0 unspecified atom stereocenters. The SMILES string of the molecule is [CH2-]C[CH-]C.[Y].[Y]. The molecule has 0 aromatic rings. The van der Waals surface area contributed by atoms with Crippen LogP contribution in [-0.2, 0) is 65.4 Å². The molecule has 2 heteroatoms. The molecule has 0 saturated heterocycles. The van der Waals surface area contributed by atoms with E-state index in [0.29, 0.717) is 0 Å². The Kier molecular flexibility index (Phi) is 41.1. The summed E-state index contributed by atoms with van der Waals surface area (Å²) < 4.78 is 0. The van der Waals surface area contributed by atoms with Crippen molar-refractivity contribution in [3.8, 4) is 0 Å². The smallest absolute Gasteiger partial charge is 0 e. The van der Waals surface area contributed by atoms with E-state index in [1.165, 1.54) is 0 Å². The average Bonchev–Trinajstić information content (AvgIpc) is 1.37. The Morgan fingerprint density at radius 1 is 1.50 bits per heavy atom. The molecule has 0 aromatic carbocycles. The topological polar surface area (TPSA) is 0 Å². The Balaban J connectivity index is -0.0000000450. The zero-order valence-corrected chi connectivity index (χ0v) is 9.82. The molecule has 6 heavy (non-hydrogen) atoms. The summed E-state index contributed by atoms with van der Waals surface area (Å²) >= 11 is 0. The minimum atomic E-state index is 0. The van der Waals surface area contributed by atoms with Gasteiger partial charge in [0, 0.05) is 65.4 Å². The maximum Gasteiger partial charge on any atom is 0 e. The molecule has 0 amide bonds. The van der Waals surface area contributed by atoms with E-state index in [1.807, 2.05) is 13.3 Å². The number of hydrogen-bond acceptors (Lipinski definition) is 0. The molecule has 32 valence electrons.